The number of rotatable bonds is 1. The molecule has 0 heterocycles. The molecule has 2 nitrogen and oxygen atoms in total. The Kier molecular flexibility index (Phi) is 3.09. The number of benzene rings is 1. The van der Waals surface area contributed by atoms with Crippen LogP contribution in [0.1, 0.15) is 18.1 Å². The molecular weight excluding hydrogens is 230 g/mol. The van der Waals surface area contributed by atoms with Gasteiger partial charge < -0.3 is 5.32 Å². The van der Waals surface area contributed by atoms with E-state index >= 15 is 0 Å². The van der Waals surface area contributed by atoms with Gasteiger partial charge in [0.25, 0.3) is 0 Å². The van der Waals surface area contributed by atoms with E-state index in [1.54, 1.807) is 0 Å². The fourth-order valence-corrected chi connectivity index (χ4v) is 1.52. The fraction of sp³-hybridized carbons (Fsp3) is 0.300. The highest BCUT2D eigenvalue weighted by atomic mass is 79.9. The van der Waals surface area contributed by atoms with Gasteiger partial charge in [-0.05, 0) is 31.0 Å². The van der Waals surface area contributed by atoms with E-state index in [1.165, 1.54) is 6.92 Å². The molecule has 13 heavy (non-hydrogen) atoms. The highest BCUT2D eigenvalue weighted by Gasteiger charge is 2.06. The molecule has 0 aliphatic carbocycles. The molecule has 0 saturated heterocycles. The molecule has 0 saturated carbocycles. The van der Waals surface area contributed by atoms with Crippen LogP contribution in [0.2, 0.25) is 0 Å². The van der Waals surface area contributed by atoms with Gasteiger partial charge in [-0.1, -0.05) is 22.0 Å². The van der Waals surface area contributed by atoms with Crippen molar-refractivity contribution in [2.24, 2.45) is 0 Å². The molecule has 0 fully saturated rings. The fourth-order valence-electron chi connectivity index (χ4n) is 1.19. The van der Waals surface area contributed by atoms with E-state index in [0.29, 0.717) is 0 Å². The van der Waals surface area contributed by atoms with Gasteiger partial charge in [0, 0.05) is 17.1 Å². The van der Waals surface area contributed by atoms with Gasteiger partial charge in [0.15, 0.2) is 0 Å². The van der Waals surface area contributed by atoms with Gasteiger partial charge in [0.05, 0.1) is 0 Å². The van der Waals surface area contributed by atoms with E-state index in [1.807, 2.05) is 26.0 Å². The van der Waals surface area contributed by atoms with Gasteiger partial charge in [-0.2, -0.15) is 0 Å². The smallest absolute Gasteiger partial charge is 0.221 e. The van der Waals surface area contributed by atoms with Crippen LogP contribution in [0.4, 0.5) is 5.69 Å². The third-order valence-corrected chi connectivity index (χ3v) is 2.77. The molecule has 0 radical (unpaired) electrons. The maximum atomic E-state index is 10.9. The summed E-state index contributed by atoms with van der Waals surface area (Å²) in [7, 11) is 0. The Morgan fingerprint density at radius 3 is 2.54 bits per heavy atom. The van der Waals surface area contributed by atoms with Crippen molar-refractivity contribution in [2.75, 3.05) is 5.32 Å². The van der Waals surface area contributed by atoms with Crippen molar-refractivity contribution in [3.63, 3.8) is 0 Å². The standard InChI is InChI=1S/C10H12BrNO/c1-6-4-5-9(11)7(2)10(6)12-8(3)13/h4-5H,1-3H3,(H,12,13). The first kappa shape index (κ1) is 10.3. The lowest BCUT2D eigenvalue weighted by molar-refractivity contribution is -0.114. The Labute approximate surface area is 86.5 Å². The number of anilines is 1. The van der Waals surface area contributed by atoms with Gasteiger partial charge in [0.2, 0.25) is 5.91 Å². The molecule has 0 aliphatic heterocycles. The van der Waals surface area contributed by atoms with Crippen molar-refractivity contribution in [3.05, 3.63) is 27.7 Å². The zero-order valence-corrected chi connectivity index (χ0v) is 9.53. The van der Waals surface area contributed by atoms with E-state index < -0.39 is 0 Å². The molecule has 1 N–H and O–H groups in total. The third kappa shape index (κ3) is 2.31. The Morgan fingerprint density at radius 1 is 1.38 bits per heavy atom. The summed E-state index contributed by atoms with van der Waals surface area (Å²) >= 11 is 3.42. The Morgan fingerprint density at radius 2 is 2.00 bits per heavy atom. The van der Waals surface area contributed by atoms with E-state index in [-0.39, 0.29) is 5.91 Å². The summed E-state index contributed by atoms with van der Waals surface area (Å²) in [6.07, 6.45) is 0. The maximum Gasteiger partial charge on any atom is 0.221 e. The van der Waals surface area contributed by atoms with Crippen molar-refractivity contribution in [3.8, 4) is 0 Å². The minimum atomic E-state index is -0.0377. The predicted octanol–water partition coefficient (Wildman–Crippen LogP) is 3.02. The summed E-state index contributed by atoms with van der Waals surface area (Å²) < 4.78 is 1.02. The van der Waals surface area contributed by atoms with Crippen molar-refractivity contribution in [1.82, 2.24) is 0 Å². The van der Waals surface area contributed by atoms with Crippen molar-refractivity contribution in [2.45, 2.75) is 20.8 Å². The summed E-state index contributed by atoms with van der Waals surface area (Å²) in [5, 5.41) is 2.81. The number of carbonyl (C=O) groups is 1. The van der Waals surface area contributed by atoms with E-state index in [4.69, 9.17) is 0 Å². The van der Waals surface area contributed by atoms with Crippen LogP contribution in [0.5, 0.6) is 0 Å². The van der Waals surface area contributed by atoms with E-state index in [0.717, 1.165) is 21.3 Å². The molecule has 0 bridgehead atoms. The summed E-state index contributed by atoms with van der Waals surface area (Å²) in [5.41, 5.74) is 3.05. The third-order valence-electron chi connectivity index (χ3n) is 1.91. The number of aryl methyl sites for hydroxylation is 1. The van der Waals surface area contributed by atoms with Crippen molar-refractivity contribution in [1.29, 1.82) is 0 Å². The molecule has 0 unspecified atom stereocenters. The normalized spacial score (nSPS) is 9.85. The zero-order chi connectivity index (χ0) is 10.0. The average Bonchev–Trinajstić information content (AvgIpc) is 2.05. The largest absolute Gasteiger partial charge is 0.326 e. The van der Waals surface area contributed by atoms with Crippen LogP contribution in [-0.2, 0) is 4.79 Å². The Bertz CT molecular complexity index is 347. The summed E-state index contributed by atoms with van der Waals surface area (Å²) in [6.45, 7) is 5.47. The minimum absolute atomic E-state index is 0.0377. The van der Waals surface area contributed by atoms with Gasteiger partial charge in [0.1, 0.15) is 0 Å². The molecule has 0 atom stereocenters. The summed E-state index contributed by atoms with van der Waals surface area (Å²) in [6, 6.07) is 3.96. The van der Waals surface area contributed by atoms with Gasteiger partial charge in [-0.15, -0.1) is 0 Å². The molecule has 1 aromatic carbocycles. The van der Waals surface area contributed by atoms with Crippen molar-refractivity contribution < 1.29 is 4.79 Å². The second kappa shape index (κ2) is 3.92. The second-order valence-electron chi connectivity index (χ2n) is 3.05. The first-order valence-electron chi connectivity index (χ1n) is 4.05. The maximum absolute atomic E-state index is 10.9. The molecular formula is C10H12BrNO. The number of amides is 1. The van der Waals surface area contributed by atoms with Crippen LogP contribution in [0.15, 0.2) is 16.6 Å². The van der Waals surface area contributed by atoms with E-state index in [2.05, 4.69) is 21.2 Å². The molecule has 3 heteroatoms. The summed E-state index contributed by atoms with van der Waals surface area (Å²) in [4.78, 5) is 10.9. The quantitative estimate of drug-likeness (QED) is 0.805. The minimum Gasteiger partial charge on any atom is -0.326 e. The molecule has 1 amide bonds. The lowest BCUT2D eigenvalue weighted by atomic mass is 10.1. The van der Waals surface area contributed by atoms with Crippen LogP contribution in [0, 0.1) is 13.8 Å². The van der Waals surface area contributed by atoms with Crippen molar-refractivity contribution >= 4 is 27.5 Å². The highest BCUT2D eigenvalue weighted by Crippen LogP contribution is 2.27. The first-order valence-corrected chi connectivity index (χ1v) is 4.85. The van der Waals surface area contributed by atoms with Crippen LogP contribution in [0.25, 0.3) is 0 Å². The number of carbonyl (C=O) groups excluding carboxylic acids is 1. The Balaban J connectivity index is 3.17. The SMILES string of the molecule is CC(=O)Nc1c(C)ccc(Br)c1C. The lowest BCUT2D eigenvalue weighted by Crippen LogP contribution is -2.08. The second-order valence-corrected chi connectivity index (χ2v) is 3.90. The van der Waals surface area contributed by atoms with Gasteiger partial charge >= 0.3 is 0 Å². The number of nitrogens with one attached hydrogen (secondary N) is 1. The van der Waals surface area contributed by atoms with Crippen LogP contribution in [-0.4, -0.2) is 5.91 Å². The summed E-state index contributed by atoms with van der Waals surface area (Å²) in [5.74, 6) is -0.0377. The predicted molar refractivity (Wildman–Crippen MR) is 57.9 cm³/mol. The zero-order valence-electron chi connectivity index (χ0n) is 7.94. The molecule has 0 spiro atoms. The molecule has 70 valence electrons. The number of hydrogen-bond acceptors (Lipinski definition) is 1. The van der Waals surface area contributed by atoms with Crippen LogP contribution >= 0.6 is 15.9 Å². The van der Waals surface area contributed by atoms with Crippen LogP contribution < -0.4 is 5.32 Å². The monoisotopic (exact) mass is 241 g/mol. The molecule has 1 rings (SSSR count). The van der Waals surface area contributed by atoms with Gasteiger partial charge in [-0.25, -0.2) is 0 Å². The first-order chi connectivity index (χ1) is 6.02. The Hall–Kier alpha value is -0.830. The topological polar surface area (TPSA) is 29.1 Å². The molecule has 0 aromatic heterocycles. The average molecular weight is 242 g/mol. The highest BCUT2D eigenvalue weighted by molar-refractivity contribution is 9.10. The number of halogens is 1. The van der Waals surface area contributed by atoms with Gasteiger partial charge in [-0.3, -0.25) is 4.79 Å². The van der Waals surface area contributed by atoms with E-state index in [9.17, 15) is 4.79 Å². The number of hydrogen-bond donors (Lipinski definition) is 1. The van der Waals surface area contributed by atoms with Crippen LogP contribution in [0.3, 0.4) is 0 Å². The lowest BCUT2D eigenvalue weighted by Gasteiger charge is -2.11. The molecule has 0 aliphatic rings. The molecule has 1 aromatic rings.